The molecule has 0 radical (unpaired) electrons. The molecule has 30 heavy (non-hydrogen) atoms. The van der Waals surface area contributed by atoms with Gasteiger partial charge in [-0.1, -0.05) is 6.07 Å². The standard InChI is InChI=1S/C21H25N3O5S/c1-13-3-8-17(23-20(26)15-4-5-15)11-19(13)24-21(27)16-6-9-18(10-7-16)30(28,29)22-12-14(2)25/h3,6-11,14-15,22,25H,4-5,12H2,1-2H3,(H,23,26)(H,24,27). The summed E-state index contributed by atoms with van der Waals surface area (Å²) < 4.78 is 26.6. The summed E-state index contributed by atoms with van der Waals surface area (Å²) in [6.45, 7) is 3.22. The molecule has 1 unspecified atom stereocenters. The van der Waals surface area contributed by atoms with Crippen molar-refractivity contribution in [1.29, 1.82) is 0 Å². The summed E-state index contributed by atoms with van der Waals surface area (Å²) in [6, 6.07) is 10.8. The van der Waals surface area contributed by atoms with Gasteiger partial charge in [0.05, 0.1) is 11.0 Å². The Morgan fingerprint density at radius 2 is 1.77 bits per heavy atom. The van der Waals surface area contributed by atoms with Crippen LogP contribution in [-0.2, 0) is 14.8 Å². The number of benzene rings is 2. The van der Waals surface area contributed by atoms with Gasteiger partial charge in [0, 0.05) is 29.4 Å². The maximum absolute atomic E-state index is 12.6. The summed E-state index contributed by atoms with van der Waals surface area (Å²) in [6.07, 6.45) is 1.00. The molecule has 1 atom stereocenters. The normalized spacial score (nSPS) is 14.8. The van der Waals surface area contributed by atoms with Gasteiger partial charge in [0.25, 0.3) is 5.91 Å². The Balaban J connectivity index is 1.69. The molecule has 160 valence electrons. The van der Waals surface area contributed by atoms with E-state index in [1.807, 2.05) is 13.0 Å². The largest absolute Gasteiger partial charge is 0.392 e. The minimum Gasteiger partial charge on any atom is -0.392 e. The molecular weight excluding hydrogens is 406 g/mol. The molecule has 2 aromatic rings. The van der Waals surface area contributed by atoms with E-state index in [1.165, 1.54) is 31.2 Å². The highest BCUT2D eigenvalue weighted by Crippen LogP contribution is 2.31. The Morgan fingerprint density at radius 1 is 1.10 bits per heavy atom. The van der Waals surface area contributed by atoms with Crippen molar-refractivity contribution in [1.82, 2.24) is 4.72 Å². The lowest BCUT2D eigenvalue weighted by atomic mass is 10.1. The summed E-state index contributed by atoms with van der Waals surface area (Å²) in [7, 11) is -3.76. The lowest BCUT2D eigenvalue weighted by Gasteiger charge is -2.12. The van der Waals surface area contributed by atoms with Crippen LogP contribution in [0.1, 0.15) is 35.7 Å². The minimum absolute atomic E-state index is 0.000617. The molecule has 0 bridgehead atoms. The summed E-state index contributed by atoms with van der Waals surface area (Å²) in [5.41, 5.74) is 2.29. The molecule has 2 amide bonds. The molecule has 1 aliphatic carbocycles. The van der Waals surface area contributed by atoms with Crippen molar-refractivity contribution in [3.8, 4) is 0 Å². The van der Waals surface area contributed by atoms with E-state index in [2.05, 4.69) is 15.4 Å². The summed E-state index contributed by atoms with van der Waals surface area (Å²) >= 11 is 0. The third-order valence-electron chi connectivity index (χ3n) is 4.70. The Bertz CT molecular complexity index is 1040. The van der Waals surface area contributed by atoms with Gasteiger partial charge >= 0.3 is 0 Å². The van der Waals surface area contributed by atoms with Gasteiger partial charge < -0.3 is 15.7 Å². The molecule has 3 rings (SSSR count). The van der Waals surface area contributed by atoms with Gasteiger partial charge in [-0.15, -0.1) is 0 Å². The van der Waals surface area contributed by atoms with Gasteiger partial charge in [0.1, 0.15) is 0 Å². The smallest absolute Gasteiger partial charge is 0.255 e. The SMILES string of the molecule is Cc1ccc(NC(=O)C2CC2)cc1NC(=O)c1ccc(S(=O)(=O)NCC(C)O)cc1. The first-order chi connectivity index (χ1) is 14.2. The summed E-state index contributed by atoms with van der Waals surface area (Å²) in [4.78, 5) is 24.5. The second kappa shape index (κ2) is 8.95. The van der Waals surface area contributed by atoms with Gasteiger partial charge in [-0.2, -0.15) is 0 Å². The second-order valence-electron chi connectivity index (χ2n) is 7.47. The molecule has 9 heteroatoms. The molecule has 0 spiro atoms. The third-order valence-corrected chi connectivity index (χ3v) is 6.14. The summed E-state index contributed by atoms with van der Waals surface area (Å²) in [5.74, 6) is -0.337. The van der Waals surface area contributed by atoms with Crippen molar-refractivity contribution in [3.63, 3.8) is 0 Å². The van der Waals surface area contributed by atoms with Crippen LogP contribution in [0.25, 0.3) is 0 Å². The van der Waals surface area contributed by atoms with Gasteiger partial charge in [-0.25, -0.2) is 13.1 Å². The van der Waals surface area contributed by atoms with Crippen molar-refractivity contribution >= 4 is 33.2 Å². The number of aryl methyl sites for hydroxylation is 1. The van der Waals surface area contributed by atoms with Crippen LogP contribution in [0.3, 0.4) is 0 Å². The number of hydrogen-bond donors (Lipinski definition) is 4. The average molecular weight is 432 g/mol. The first kappa shape index (κ1) is 21.9. The molecule has 0 heterocycles. The highest BCUT2D eigenvalue weighted by atomic mass is 32.2. The van der Waals surface area contributed by atoms with Crippen LogP contribution >= 0.6 is 0 Å². The van der Waals surface area contributed by atoms with Crippen LogP contribution in [-0.4, -0.2) is 38.0 Å². The first-order valence-corrected chi connectivity index (χ1v) is 11.1. The minimum atomic E-state index is -3.76. The number of nitrogens with one attached hydrogen (secondary N) is 3. The molecule has 2 aromatic carbocycles. The number of hydrogen-bond acceptors (Lipinski definition) is 5. The fourth-order valence-corrected chi connectivity index (χ4v) is 3.84. The zero-order valence-electron chi connectivity index (χ0n) is 16.8. The Labute approximate surface area is 175 Å². The second-order valence-corrected chi connectivity index (χ2v) is 9.24. The molecule has 4 N–H and O–H groups in total. The predicted octanol–water partition coefficient (Wildman–Crippen LogP) is 2.25. The van der Waals surface area contributed by atoms with Gasteiger partial charge in [0.15, 0.2) is 0 Å². The lowest BCUT2D eigenvalue weighted by Crippen LogP contribution is -2.30. The van der Waals surface area contributed by atoms with Crippen molar-refractivity contribution < 1.29 is 23.1 Å². The average Bonchev–Trinajstić information content (AvgIpc) is 3.54. The van der Waals surface area contributed by atoms with Crippen LogP contribution in [0.4, 0.5) is 11.4 Å². The van der Waals surface area contributed by atoms with Crippen LogP contribution in [0.2, 0.25) is 0 Å². The van der Waals surface area contributed by atoms with Gasteiger partial charge in [-0.3, -0.25) is 9.59 Å². The van der Waals surface area contributed by atoms with E-state index in [0.29, 0.717) is 11.4 Å². The molecule has 0 aromatic heterocycles. The zero-order chi connectivity index (χ0) is 21.9. The van der Waals surface area contributed by atoms with Crippen LogP contribution in [0, 0.1) is 12.8 Å². The lowest BCUT2D eigenvalue weighted by molar-refractivity contribution is -0.117. The van der Waals surface area contributed by atoms with E-state index < -0.39 is 22.0 Å². The first-order valence-electron chi connectivity index (χ1n) is 9.66. The Kier molecular flexibility index (Phi) is 6.55. The Hall–Kier alpha value is -2.75. The molecule has 8 nitrogen and oxygen atoms in total. The highest BCUT2D eigenvalue weighted by Gasteiger charge is 2.29. The number of sulfonamides is 1. The van der Waals surface area contributed by atoms with Crippen LogP contribution in [0.5, 0.6) is 0 Å². The zero-order valence-corrected chi connectivity index (χ0v) is 17.6. The predicted molar refractivity (Wildman–Crippen MR) is 114 cm³/mol. The number of aliphatic hydroxyl groups is 1. The number of rotatable bonds is 8. The number of aliphatic hydroxyl groups excluding tert-OH is 1. The number of amides is 2. The van der Waals surface area contributed by atoms with E-state index in [0.717, 1.165) is 18.4 Å². The van der Waals surface area contributed by atoms with E-state index in [1.54, 1.807) is 12.1 Å². The number of carbonyl (C=O) groups is 2. The highest BCUT2D eigenvalue weighted by molar-refractivity contribution is 7.89. The fourth-order valence-electron chi connectivity index (χ4n) is 2.72. The third kappa shape index (κ3) is 5.65. The van der Waals surface area contributed by atoms with Gasteiger partial charge in [-0.05, 0) is 68.7 Å². The van der Waals surface area contributed by atoms with E-state index >= 15 is 0 Å². The number of anilines is 2. The number of carbonyl (C=O) groups excluding carboxylic acids is 2. The van der Waals surface area contributed by atoms with E-state index in [4.69, 9.17) is 0 Å². The van der Waals surface area contributed by atoms with Crippen molar-refractivity contribution in [3.05, 3.63) is 53.6 Å². The van der Waals surface area contributed by atoms with Crippen molar-refractivity contribution in [2.24, 2.45) is 5.92 Å². The molecular formula is C21H25N3O5S. The quantitative estimate of drug-likeness (QED) is 0.510. The van der Waals surface area contributed by atoms with Crippen molar-refractivity contribution in [2.75, 3.05) is 17.2 Å². The van der Waals surface area contributed by atoms with E-state index in [-0.39, 0.29) is 28.8 Å². The molecule has 1 fully saturated rings. The van der Waals surface area contributed by atoms with Crippen LogP contribution < -0.4 is 15.4 Å². The fraction of sp³-hybridized carbons (Fsp3) is 0.333. The van der Waals surface area contributed by atoms with Crippen molar-refractivity contribution in [2.45, 2.75) is 37.7 Å². The molecule has 0 saturated heterocycles. The van der Waals surface area contributed by atoms with E-state index in [9.17, 15) is 23.1 Å². The molecule has 1 saturated carbocycles. The Morgan fingerprint density at radius 3 is 2.37 bits per heavy atom. The molecule has 0 aliphatic heterocycles. The topological polar surface area (TPSA) is 125 Å². The van der Waals surface area contributed by atoms with Crippen LogP contribution in [0.15, 0.2) is 47.4 Å². The summed E-state index contributed by atoms with van der Waals surface area (Å²) in [5, 5.41) is 14.9. The molecule has 1 aliphatic rings. The maximum atomic E-state index is 12.6. The maximum Gasteiger partial charge on any atom is 0.255 e. The monoisotopic (exact) mass is 431 g/mol. The van der Waals surface area contributed by atoms with Gasteiger partial charge in [0.2, 0.25) is 15.9 Å².